The quantitative estimate of drug-likeness (QED) is 0.617. The molecule has 0 radical (unpaired) electrons. The normalized spacial score (nSPS) is 10.7. The van der Waals surface area contributed by atoms with E-state index in [-0.39, 0.29) is 0 Å². The van der Waals surface area contributed by atoms with Crippen LogP contribution in [0.15, 0.2) is 27.6 Å². The van der Waals surface area contributed by atoms with Gasteiger partial charge in [-0.2, -0.15) is 0 Å². The fourth-order valence-corrected chi connectivity index (χ4v) is 2.79. The van der Waals surface area contributed by atoms with Crippen molar-refractivity contribution in [2.75, 3.05) is 26.0 Å². The molecule has 0 saturated carbocycles. The Hall–Kier alpha value is -0.0300. The third-order valence-electron chi connectivity index (χ3n) is 2.15. The van der Waals surface area contributed by atoms with E-state index in [0.29, 0.717) is 0 Å². The van der Waals surface area contributed by atoms with Crippen LogP contribution in [-0.2, 0) is 11.3 Å². The molecule has 2 nitrogen and oxygen atoms in total. The lowest BCUT2D eigenvalue weighted by Gasteiger charge is -2.07. The first-order valence-corrected chi connectivity index (χ1v) is 7.16. The fraction of sp³-hybridized carbons (Fsp3) is 0.500. The zero-order chi connectivity index (χ0) is 11.8. The maximum atomic E-state index is 5.03. The van der Waals surface area contributed by atoms with Crippen molar-refractivity contribution in [1.29, 1.82) is 0 Å². The highest BCUT2D eigenvalue weighted by molar-refractivity contribution is 9.10. The third kappa shape index (κ3) is 4.87. The number of nitrogens with one attached hydrogen (secondary N) is 1. The number of hydrogen-bond acceptors (Lipinski definition) is 3. The van der Waals surface area contributed by atoms with Gasteiger partial charge in [0, 0.05) is 28.8 Å². The van der Waals surface area contributed by atoms with Crippen LogP contribution in [0.3, 0.4) is 0 Å². The van der Waals surface area contributed by atoms with Gasteiger partial charge >= 0.3 is 0 Å². The van der Waals surface area contributed by atoms with E-state index in [2.05, 4.69) is 46.4 Å². The van der Waals surface area contributed by atoms with Crippen LogP contribution in [0.4, 0.5) is 0 Å². The lowest BCUT2D eigenvalue weighted by Crippen LogP contribution is -2.12. The molecule has 1 aromatic carbocycles. The van der Waals surface area contributed by atoms with E-state index in [4.69, 9.17) is 4.74 Å². The van der Waals surface area contributed by atoms with E-state index in [0.717, 1.165) is 25.4 Å². The zero-order valence-corrected chi connectivity index (χ0v) is 12.2. The Morgan fingerprint density at radius 1 is 1.44 bits per heavy atom. The maximum absolute atomic E-state index is 5.03. The molecular formula is C12H18BrNOS. The number of thioether (sulfide) groups is 1. The van der Waals surface area contributed by atoms with E-state index in [1.165, 1.54) is 14.9 Å². The highest BCUT2D eigenvalue weighted by atomic mass is 79.9. The molecule has 90 valence electrons. The van der Waals surface area contributed by atoms with Gasteiger partial charge in [0.1, 0.15) is 0 Å². The van der Waals surface area contributed by atoms with Crippen LogP contribution in [0.1, 0.15) is 12.5 Å². The molecule has 0 aliphatic rings. The molecule has 0 amide bonds. The predicted octanol–water partition coefficient (Wildman–Crippen LogP) is 3.30. The average molecular weight is 304 g/mol. The topological polar surface area (TPSA) is 21.3 Å². The number of halogens is 1. The summed E-state index contributed by atoms with van der Waals surface area (Å²) in [5, 5.41) is 3.32. The molecule has 1 aromatic rings. The number of methoxy groups -OCH3 is 1. The molecule has 0 aliphatic carbocycles. The minimum atomic E-state index is 0.793. The van der Waals surface area contributed by atoms with Crippen LogP contribution in [-0.4, -0.2) is 26.0 Å². The Kier molecular flexibility index (Phi) is 7.12. The Balaban J connectivity index is 2.53. The molecule has 1 N–H and O–H groups in total. The SMILES string of the molecule is CCNCc1ccc(SCCOC)cc1Br. The molecule has 0 spiro atoms. The van der Waals surface area contributed by atoms with Crippen LogP contribution in [0.2, 0.25) is 0 Å². The first-order chi connectivity index (χ1) is 7.77. The van der Waals surface area contributed by atoms with E-state index in [1.807, 2.05) is 11.8 Å². The summed E-state index contributed by atoms with van der Waals surface area (Å²) < 4.78 is 6.20. The standard InChI is InChI=1S/C12H18BrNOS/c1-3-14-9-10-4-5-11(8-12(10)13)16-7-6-15-2/h4-5,8,14H,3,6-7,9H2,1-2H3. The van der Waals surface area contributed by atoms with E-state index in [9.17, 15) is 0 Å². The molecule has 0 aliphatic heterocycles. The van der Waals surface area contributed by atoms with Gasteiger partial charge in [-0.15, -0.1) is 11.8 Å². The van der Waals surface area contributed by atoms with Crippen molar-refractivity contribution in [1.82, 2.24) is 5.32 Å². The van der Waals surface area contributed by atoms with Crippen molar-refractivity contribution in [2.45, 2.75) is 18.4 Å². The molecule has 0 bridgehead atoms. The van der Waals surface area contributed by atoms with Crippen molar-refractivity contribution < 1.29 is 4.74 Å². The van der Waals surface area contributed by atoms with E-state index >= 15 is 0 Å². The van der Waals surface area contributed by atoms with Gasteiger partial charge in [-0.05, 0) is 24.2 Å². The first kappa shape index (κ1) is 14.0. The van der Waals surface area contributed by atoms with Crippen molar-refractivity contribution >= 4 is 27.7 Å². The molecule has 0 unspecified atom stereocenters. The lowest BCUT2D eigenvalue weighted by atomic mass is 10.2. The molecule has 0 aromatic heterocycles. The van der Waals surface area contributed by atoms with Crippen LogP contribution in [0.5, 0.6) is 0 Å². The Labute approximate surface area is 110 Å². The summed E-state index contributed by atoms with van der Waals surface area (Å²) in [6.07, 6.45) is 0. The summed E-state index contributed by atoms with van der Waals surface area (Å²) in [5.74, 6) is 0.996. The second-order valence-corrected chi connectivity index (χ2v) is 5.40. The molecular weight excluding hydrogens is 286 g/mol. The highest BCUT2D eigenvalue weighted by Crippen LogP contribution is 2.25. The van der Waals surface area contributed by atoms with E-state index < -0.39 is 0 Å². The van der Waals surface area contributed by atoms with Crippen LogP contribution < -0.4 is 5.32 Å². The molecule has 0 saturated heterocycles. The first-order valence-electron chi connectivity index (χ1n) is 5.38. The van der Waals surface area contributed by atoms with Crippen molar-refractivity contribution in [3.63, 3.8) is 0 Å². The van der Waals surface area contributed by atoms with E-state index in [1.54, 1.807) is 7.11 Å². The minimum absolute atomic E-state index is 0.793. The minimum Gasteiger partial charge on any atom is -0.384 e. The van der Waals surface area contributed by atoms with Crippen molar-refractivity contribution in [3.05, 3.63) is 28.2 Å². The van der Waals surface area contributed by atoms with Gasteiger partial charge in [0.2, 0.25) is 0 Å². The number of hydrogen-bond donors (Lipinski definition) is 1. The summed E-state index contributed by atoms with van der Waals surface area (Å²) in [6, 6.07) is 6.51. The fourth-order valence-electron chi connectivity index (χ4n) is 1.26. The Bertz CT molecular complexity index is 320. The predicted molar refractivity (Wildman–Crippen MR) is 74.1 cm³/mol. The molecule has 0 fully saturated rings. The summed E-state index contributed by atoms with van der Waals surface area (Å²) in [7, 11) is 1.73. The second-order valence-electron chi connectivity index (χ2n) is 3.37. The lowest BCUT2D eigenvalue weighted by molar-refractivity contribution is 0.218. The molecule has 0 heterocycles. The number of ether oxygens (including phenoxy) is 1. The monoisotopic (exact) mass is 303 g/mol. The average Bonchev–Trinajstić information content (AvgIpc) is 2.28. The third-order valence-corrected chi connectivity index (χ3v) is 3.84. The largest absolute Gasteiger partial charge is 0.384 e. The van der Waals surface area contributed by atoms with Crippen LogP contribution >= 0.6 is 27.7 Å². The van der Waals surface area contributed by atoms with Gasteiger partial charge in [0.15, 0.2) is 0 Å². The summed E-state index contributed by atoms with van der Waals surface area (Å²) in [4.78, 5) is 1.28. The zero-order valence-electron chi connectivity index (χ0n) is 9.75. The molecule has 1 rings (SSSR count). The summed E-state index contributed by atoms with van der Waals surface area (Å²) in [6.45, 7) is 4.82. The maximum Gasteiger partial charge on any atom is 0.0556 e. The van der Waals surface area contributed by atoms with Gasteiger partial charge in [-0.3, -0.25) is 0 Å². The smallest absolute Gasteiger partial charge is 0.0556 e. The van der Waals surface area contributed by atoms with Gasteiger partial charge in [-0.1, -0.05) is 28.9 Å². The van der Waals surface area contributed by atoms with Crippen LogP contribution in [0, 0.1) is 0 Å². The highest BCUT2D eigenvalue weighted by Gasteiger charge is 2.01. The summed E-state index contributed by atoms with van der Waals surface area (Å²) >= 11 is 5.42. The number of benzene rings is 1. The van der Waals surface area contributed by atoms with Crippen LogP contribution in [0.25, 0.3) is 0 Å². The Morgan fingerprint density at radius 3 is 2.88 bits per heavy atom. The Morgan fingerprint density at radius 2 is 2.25 bits per heavy atom. The van der Waals surface area contributed by atoms with Crippen molar-refractivity contribution in [3.8, 4) is 0 Å². The van der Waals surface area contributed by atoms with Crippen molar-refractivity contribution in [2.24, 2.45) is 0 Å². The van der Waals surface area contributed by atoms with Gasteiger partial charge in [0.25, 0.3) is 0 Å². The summed E-state index contributed by atoms with van der Waals surface area (Å²) in [5.41, 5.74) is 1.30. The van der Waals surface area contributed by atoms with Gasteiger partial charge in [-0.25, -0.2) is 0 Å². The molecule has 0 atom stereocenters. The molecule has 16 heavy (non-hydrogen) atoms. The van der Waals surface area contributed by atoms with Gasteiger partial charge < -0.3 is 10.1 Å². The number of rotatable bonds is 7. The molecule has 4 heteroatoms. The second kappa shape index (κ2) is 8.12. The van der Waals surface area contributed by atoms with Gasteiger partial charge in [0.05, 0.1) is 6.61 Å².